The monoisotopic (exact) mass is 571 g/mol. The number of alkyl halides is 2. The molecule has 0 aliphatic carbocycles. The van der Waals surface area contributed by atoms with Crippen LogP contribution in [0.3, 0.4) is 0 Å². The van der Waals surface area contributed by atoms with Crippen molar-refractivity contribution >= 4 is 21.6 Å². The van der Waals surface area contributed by atoms with Crippen LogP contribution in [-0.2, 0) is 10.0 Å². The number of hydrogen-bond donors (Lipinski definition) is 2. The van der Waals surface area contributed by atoms with Crippen LogP contribution in [0.15, 0.2) is 56.8 Å². The Kier molecular flexibility index (Phi) is 7.67. The van der Waals surface area contributed by atoms with Crippen molar-refractivity contribution in [2.75, 3.05) is 7.11 Å². The zero-order valence-electron chi connectivity index (χ0n) is 20.1. The molecule has 0 fully saturated rings. The minimum absolute atomic E-state index is 0.0358. The second-order valence-corrected chi connectivity index (χ2v) is 10.4. The summed E-state index contributed by atoms with van der Waals surface area (Å²) in [5, 5.41) is 9.67. The van der Waals surface area contributed by atoms with Gasteiger partial charge in [0.1, 0.15) is 22.5 Å². The Morgan fingerprint density at radius 3 is 2.58 bits per heavy atom. The highest BCUT2D eigenvalue weighted by atomic mass is 35.5. The molecule has 0 saturated carbocycles. The second-order valence-electron chi connectivity index (χ2n) is 8.25. The zero-order chi connectivity index (χ0) is 27.8. The fraction of sp³-hybridized carbons (Fsp3) is 0.261. The van der Waals surface area contributed by atoms with Gasteiger partial charge in [0.2, 0.25) is 15.9 Å². The summed E-state index contributed by atoms with van der Waals surface area (Å²) in [5.41, 5.74) is 1.06. The van der Waals surface area contributed by atoms with E-state index in [4.69, 9.17) is 20.8 Å². The molecule has 0 bridgehead atoms. The van der Waals surface area contributed by atoms with Gasteiger partial charge in [-0.2, -0.15) is 18.6 Å². The minimum Gasteiger partial charge on any atom is -0.495 e. The quantitative estimate of drug-likeness (QED) is 0.301. The van der Waals surface area contributed by atoms with Crippen LogP contribution in [-0.4, -0.2) is 35.5 Å². The summed E-state index contributed by atoms with van der Waals surface area (Å²) in [6, 6.07) is 5.02. The number of hydrogen-bond acceptors (Lipinski definition) is 7. The number of sulfonamides is 1. The molecule has 0 saturated heterocycles. The molecule has 2 N–H and O–H groups in total. The van der Waals surface area contributed by atoms with E-state index < -0.39 is 40.1 Å². The molecule has 2 unspecified atom stereocenters. The standard InChI is InChI=1S/C23H21ClF3N5O5S/c1-11-15(13-9-28-32(10-13)22(26)27)5-6-16(25)19(11)12(2)20(21-29-30-23(33)37-21)31-38(34,35)18-7-4-14(24)8-17(18)36-3/h4-10,12,20,22,31H,1-3H3,(H,30,33). The predicted molar refractivity (Wildman–Crippen MR) is 130 cm³/mol. The molecule has 0 radical (unpaired) electrons. The van der Waals surface area contributed by atoms with Crippen LogP contribution in [0.2, 0.25) is 5.02 Å². The van der Waals surface area contributed by atoms with Crippen molar-refractivity contribution in [1.82, 2.24) is 24.7 Å². The average Bonchev–Trinajstić information content (AvgIpc) is 3.52. The highest BCUT2D eigenvalue weighted by Crippen LogP contribution is 2.38. The summed E-state index contributed by atoms with van der Waals surface area (Å²) in [6.07, 6.45) is 2.32. The molecule has 2 heterocycles. The number of methoxy groups -OCH3 is 1. The first-order chi connectivity index (χ1) is 17.9. The molecule has 4 rings (SSSR count). The summed E-state index contributed by atoms with van der Waals surface area (Å²) >= 11 is 5.95. The fourth-order valence-electron chi connectivity index (χ4n) is 4.15. The summed E-state index contributed by atoms with van der Waals surface area (Å²) < 4.78 is 81.2. The first-order valence-corrected chi connectivity index (χ1v) is 12.8. The van der Waals surface area contributed by atoms with E-state index in [9.17, 15) is 22.0 Å². The Hall–Kier alpha value is -3.62. The molecular formula is C23H21ClF3N5O5S. The van der Waals surface area contributed by atoms with Crippen molar-refractivity contribution in [3.8, 4) is 16.9 Å². The number of aromatic amines is 1. The minimum atomic E-state index is -4.37. The van der Waals surface area contributed by atoms with Gasteiger partial charge in [0.05, 0.1) is 13.3 Å². The third kappa shape index (κ3) is 5.33. The smallest absolute Gasteiger partial charge is 0.434 e. The van der Waals surface area contributed by atoms with Crippen LogP contribution < -0.4 is 15.2 Å². The van der Waals surface area contributed by atoms with E-state index in [2.05, 4.69) is 20.0 Å². The maximum Gasteiger partial charge on any atom is 0.434 e. The highest BCUT2D eigenvalue weighted by Gasteiger charge is 2.35. The fourth-order valence-corrected chi connectivity index (χ4v) is 5.74. The van der Waals surface area contributed by atoms with E-state index in [1.54, 1.807) is 6.92 Å². The maximum atomic E-state index is 15.3. The summed E-state index contributed by atoms with van der Waals surface area (Å²) in [7, 11) is -3.11. The van der Waals surface area contributed by atoms with Crippen molar-refractivity contribution in [1.29, 1.82) is 0 Å². The van der Waals surface area contributed by atoms with Gasteiger partial charge in [-0.15, -0.1) is 5.10 Å². The van der Waals surface area contributed by atoms with Gasteiger partial charge in [-0.1, -0.05) is 24.6 Å². The molecule has 0 aliphatic rings. The SMILES string of the molecule is COc1cc(Cl)ccc1S(=O)(=O)NC(c1n[nH]c(=O)o1)C(C)c1c(F)ccc(-c2cnn(C(F)F)c2)c1C. The molecule has 2 aromatic heterocycles. The number of aromatic nitrogens is 4. The van der Waals surface area contributed by atoms with Crippen molar-refractivity contribution < 1.29 is 30.7 Å². The van der Waals surface area contributed by atoms with Gasteiger partial charge in [-0.3, -0.25) is 0 Å². The number of nitrogens with one attached hydrogen (secondary N) is 2. The van der Waals surface area contributed by atoms with E-state index >= 15 is 4.39 Å². The van der Waals surface area contributed by atoms with Gasteiger partial charge in [0.15, 0.2) is 0 Å². The van der Waals surface area contributed by atoms with Crippen molar-refractivity contribution in [3.63, 3.8) is 0 Å². The number of rotatable bonds is 9. The lowest BCUT2D eigenvalue weighted by molar-refractivity contribution is 0.0566. The van der Waals surface area contributed by atoms with Gasteiger partial charge < -0.3 is 9.15 Å². The topological polar surface area (TPSA) is 132 Å². The zero-order valence-corrected chi connectivity index (χ0v) is 21.6. The van der Waals surface area contributed by atoms with E-state index in [0.29, 0.717) is 21.4 Å². The van der Waals surface area contributed by atoms with Gasteiger partial charge in [0, 0.05) is 28.8 Å². The molecule has 15 heteroatoms. The Morgan fingerprint density at radius 2 is 1.97 bits per heavy atom. The molecule has 10 nitrogen and oxygen atoms in total. The first-order valence-electron chi connectivity index (χ1n) is 11.0. The largest absolute Gasteiger partial charge is 0.495 e. The lowest BCUT2D eigenvalue weighted by atomic mass is 9.86. The predicted octanol–water partition coefficient (Wildman–Crippen LogP) is 4.55. The lowest BCUT2D eigenvalue weighted by Gasteiger charge is -2.25. The van der Waals surface area contributed by atoms with E-state index in [1.807, 2.05) is 0 Å². The van der Waals surface area contributed by atoms with E-state index in [-0.39, 0.29) is 27.1 Å². The molecule has 0 amide bonds. The third-order valence-corrected chi connectivity index (χ3v) is 7.66. The first kappa shape index (κ1) is 27.4. The highest BCUT2D eigenvalue weighted by molar-refractivity contribution is 7.89. The molecular weight excluding hydrogens is 551 g/mol. The molecule has 2 aromatic carbocycles. The van der Waals surface area contributed by atoms with Crippen molar-refractivity contribution in [2.45, 2.75) is 37.3 Å². The van der Waals surface area contributed by atoms with E-state index in [0.717, 1.165) is 12.3 Å². The van der Waals surface area contributed by atoms with Crippen LogP contribution in [0.5, 0.6) is 5.75 Å². The number of benzene rings is 2. The van der Waals surface area contributed by atoms with Crippen LogP contribution in [0.1, 0.15) is 42.5 Å². The molecule has 2 atom stereocenters. The van der Waals surface area contributed by atoms with Gasteiger partial charge >= 0.3 is 12.3 Å². The average molecular weight is 572 g/mol. The molecule has 0 spiro atoms. The van der Waals surface area contributed by atoms with Crippen LogP contribution in [0, 0.1) is 12.7 Å². The number of nitrogens with zero attached hydrogens (tertiary/aromatic N) is 3. The Morgan fingerprint density at radius 1 is 1.24 bits per heavy atom. The van der Waals surface area contributed by atoms with Gasteiger partial charge in [0.25, 0.3) is 0 Å². The maximum absolute atomic E-state index is 15.3. The van der Waals surface area contributed by atoms with Gasteiger partial charge in [-0.25, -0.2) is 27.4 Å². The summed E-state index contributed by atoms with van der Waals surface area (Å²) in [6.45, 7) is 0.186. The molecule has 38 heavy (non-hydrogen) atoms. The summed E-state index contributed by atoms with van der Waals surface area (Å²) in [5.74, 6) is -3.08. The second kappa shape index (κ2) is 10.6. The van der Waals surface area contributed by atoms with E-state index in [1.165, 1.54) is 44.5 Å². The van der Waals surface area contributed by atoms with Crippen LogP contribution in [0.25, 0.3) is 11.1 Å². The third-order valence-electron chi connectivity index (χ3n) is 5.95. The van der Waals surface area contributed by atoms with Crippen molar-refractivity contribution in [2.24, 2.45) is 0 Å². The Bertz CT molecular complexity index is 1640. The van der Waals surface area contributed by atoms with Crippen LogP contribution in [0.4, 0.5) is 13.2 Å². The van der Waals surface area contributed by atoms with Gasteiger partial charge in [-0.05, 0) is 41.8 Å². The molecule has 202 valence electrons. The van der Waals surface area contributed by atoms with Crippen molar-refractivity contribution in [3.05, 3.63) is 81.1 Å². The number of halogens is 4. The molecule has 4 aromatic rings. The molecule has 0 aliphatic heterocycles. The number of H-pyrrole nitrogens is 1. The number of ether oxygens (including phenoxy) is 1. The normalized spacial score (nSPS) is 13.6. The lowest BCUT2D eigenvalue weighted by Crippen LogP contribution is -2.33. The Labute approximate surface area is 219 Å². The van der Waals surface area contributed by atoms with Crippen LogP contribution >= 0.6 is 11.6 Å². The Balaban J connectivity index is 1.81. The summed E-state index contributed by atoms with van der Waals surface area (Å²) in [4.78, 5) is 11.4.